The lowest BCUT2D eigenvalue weighted by molar-refractivity contribution is 0.102. The quantitative estimate of drug-likeness (QED) is 0.914. The number of halogens is 1. The minimum Gasteiger partial charge on any atom is -0.329 e. The molecule has 1 saturated carbocycles. The van der Waals surface area contributed by atoms with Crippen LogP contribution in [0.4, 0.5) is 0 Å². The summed E-state index contributed by atoms with van der Waals surface area (Å²) in [5.41, 5.74) is 9.36. The highest BCUT2D eigenvalue weighted by atomic mass is 79.9. The van der Waals surface area contributed by atoms with Crippen molar-refractivity contribution in [2.45, 2.75) is 38.1 Å². The summed E-state index contributed by atoms with van der Waals surface area (Å²) in [6.45, 7) is 4.34. The van der Waals surface area contributed by atoms with Crippen LogP contribution in [0.3, 0.4) is 0 Å². The molecule has 0 saturated heterocycles. The number of hydrogen-bond acceptors (Lipinski definition) is 2. The molecular formula is C17H25BrN2. The molecule has 0 amide bonds. The Bertz CT molecular complexity index is 502. The van der Waals surface area contributed by atoms with Crippen molar-refractivity contribution in [3.63, 3.8) is 0 Å². The van der Waals surface area contributed by atoms with Crippen molar-refractivity contribution in [1.29, 1.82) is 0 Å². The molecule has 0 heterocycles. The van der Waals surface area contributed by atoms with E-state index in [1.807, 2.05) is 0 Å². The molecule has 2 N–H and O–H groups in total. The SMILES string of the molecule is CC1CC1CN(C)C1(CN)CCc2cc(Br)ccc2C1. The van der Waals surface area contributed by atoms with E-state index in [1.54, 1.807) is 0 Å². The lowest BCUT2D eigenvalue weighted by Crippen LogP contribution is -2.56. The van der Waals surface area contributed by atoms with Gasteiger partial charge in [0.25, 0.3) is 0 Å². The normalized spacial score (nSPS) is 32.2. The second kappa shape index (κ2) is 5.43. The van der Waals surface area contributed by atoms with Gasteiger partial charge in [0.1, 0.15) is 0 Å². The standard InChI is InChI=1S/C17H25BrN2/c1-12-7-15(12)10-20(2)17(11-19)6-5-13-8-16(18)4-3-14(13)9-17/h3-4,8,12,15H,5-7,9-11,19H2,1-2H3. The van der Waals surface area contributed by atoms with Crippen molar-refractivity contribution in [1.82, 2.24) is 4.90 Å². The zero-order valence-electron chi connectivity index (χ0n) is 12.5. The van der Waals surface area contributed by atoms with E-state index >= 15 is 0 Å². The maximum Gasteiger partial charge on any atom is 0.0372 e. The number of nitrogens with two attached hydrogens (primary N) is 1. The van der Waals surface area contributed by atoms with Crippen LogP contribution in [0.15, 0.2) is 22.7 Å². The number of benzene rings is 1. The Balaban J connectivity index is 1.78. The summed E-state index contributed by atoms with van der Waals surface area (Å²) >= 11 is 3.58. The van der Waals surface area contributed by atoms with E-state index in [9.17, 15) is 0 Å². The maximum absolute atomic E-state index is 6.21. The van der Waals surface area contributed by atoms with Gasteiger partial charge in [-0.15, -0.1) is 0 Å². The van der Waals surface area contributed by atoms with E-state index in [1.165, 1.54) is 35.0 Å². The number of rotatable bonds is 4. The van der Waals surface area contributed by atoms with E-state index in [0.29, 0.717) is 0 Å². The second-order valence-electron chi connectivity index (χ2n) is 6.87. The van der Waals surface area contributed by atoms with Crippen LogP contribution in [0.25, 0.3) is 0 Å². The number of nitrogens with zero attached hydrogens (tertiary/aromatic N) is 1. The molecule has 20 heavy (non-hydrogen) atoms. The number of aryl methyl sites for hydroxylation is 1. The van der Waals surface area contributed by atoms with Gasteiger partial charge in [0.2, 0.25) is 0 Å². The summed E-state index contributed by atoms with van der Waals surface area (Å²) in [7, 11) is 2.28. The molecule has 1 aromatic rings. The van der Waals surface area contributed by atoms with Crippen LogP contribution in [0.5, 0.6) is 0 Å². The van der Waals surface area contributed by atoms with E-state index in [-0.39, 0.29) is 5.54 Å². The third-order valence-electron chi connectivity index (χ3n) is 5.52. The number of likely N-dealkylation sites (N-methyl/N-ethyl adjacent to an activating group) is 1. The van der Waals surface area contributed by atoms with Gasteiger partial charge in [-0.1, -0.05) is 28.9 Å². The Morgan fingerprint density at radius 1 is 1.40 bits per heavy atom. The Kier molecular flexibility index (Phi) is 3.95. The lowest BCUT2D eigenvalue weighted by Gasteiger charge is -2.45. The zero-order chi connectivity index (χ0) is 14.3. The second-order valence-corrected chi connectivity index (χ2v) is 7.79. The molecule has 3 atom stereocenters. The average molecular weight is 337 g/mol. The van der Waals surface area contributed by atoms with Crippen molar-refractivity contribution in [3.05, 3.63) is 33.8 Å². The monoisotopic (exact) mass is 336 g/mol. The van der Waals surface area contributed by atoms with Crippen molar-refractivity contribution in [2.75, 3.05) is 20.1 Å². The molecule has 0 aliphatic heterocycles. The maximum atomic E-state index is 6.21. The molecule has 0 spiro atoms. The van der Waals surface area contributed by atoms with Crippen LogP contribution < -0.4 is 5.73 Å². The van der Waals surface area contributed by atoms with Crippen LogP contribution in [0, 0.1) is 11.8 Å². The van der Waals surface area contributed by atoms with E-state index < -0.39 is 0 Å². The summed E-state index contributed by atoms with van der Waals surface area (Å²) in [5.74, 6) is 1.81. The summed E-state index contributed by atoms with van der Waals surface area (Å²) in [6, 6.07) is 6.71. The molecule has 1 aromatic carbocycles. The minimum absolute atomic E-state index is 0.170. The summed E-state index contributed by atoms with van der Waals surface area (Å²) in [6.07, 6.45) is 4.83. The van der Waals surface area contributed by atoms with Crippen LogP contribution in [-0.2, 0) is 12.8 Å². The molecule has 3 heteroatoms. The van der Waals surface area contributed by atoms with Gasteiger partial charge in [-0.05, 0) is 67.8 Å². The van der Waals surface area contributed by atoms with Gasteiger partial charge in [-0.3, -0.25) is 4.90 Å². The largest absolute Gasteiger partial charge is 0.329 e. The van der Waals surface area contributed by atoms with E-state index in [0.717, 1.165) is 31.2 Å². The number of hydrogen-bond donors (Lipinski definition) is 1. The van der Waals surface area contributed by atoms with Crippen molar-refractivity contribution in [3.8, 4) is 0 Å². The molecule has 2 aliphatic carbocycles. The predicted octanol–water partition coefficient (Wildman–Crippen LogP) is 3.22. The van der Waals surface area contributed by atoms with Gasteiger partial charge in [0.15, 0.2) is 0 Å². The molecule has 1 fully saturated rings. The zero-order valence-corrected chi connectivity index (χ0v) is 14.1. The molecule has 0 aromatic heterocycles. The molecule has 3 unspecified atom stereocenters. The van der Waals surface area contributed by atoms with Crippen LogP contribution in [-0.4, -0.2) is 30.6 Å². The highest BCUT2D eigenvalue weighted by Crippen LogP contribution is 2.41. The molecule has 2 nitrogen and oxygen atoms in total. The van der Waals surface area contributed by atoms with Gasteiger partial charge < -0.3 is 5.73 Å². The van der Waals surface area contributed by atoms with Crippen molar-refractivity contribution < 1.29 is 0 Å². The first-order valence-electron chi connectivity index (χ1n) is 7.73. The van der Waals surface area contributed by atoms with Crippen LogP contribution in [0.2, 0.25) is 0 Å². The van der Waals surface area contributed by atoms with Gasteiger partial charge in [0, 0.05) is 23.1 Å². The highest BCUT2D eigenvalue weighted by molar-refractivity contribution is 9.10. The fourth-order valence-corrected chi connectivity index (χ4v) is 4.07. The highest BCUT2D eigenvalue weighted by Gasteiger charge is 2.41. The average Bonchev–Trinajstić information content (AvgIpc) is 3.13. The summed E-state index contributed by atoms with van der Waals surface area (Å²) < 4.78 is 1.19. The van der Waals surface area contributed by atoms with Gasteiger partial charge in [-0.2, -0.15) is 0 Å². The first-order valence-corrected chi connectivity index (χ1v) is 8.52. The van der Waals surface area contributed by atoms with Crippen LogP contribution >= 0.6 is 15.9 Å². The molecule has 0 bridgehead atoms. The third kappa shape index (κ3) is 2.68. The fraction of sp³-hybridized carbons (Fsp3) is 0.647. The lowest BCUT2D eigenvalue weighted by atomic mass is 9.77. The van der Waals surface area contributed by atoms with Gasteiger partial charge >= 0.3 is 0 Å². The van der Waals surface area contributed by atoms with Crippen molar-refractivity contribution in [2.24, 2.45) is 17.6 Å². The Morgan fingerprint density at radius 3 is 2.80 bits per heavy atom. The van der Waals surface area contributed by atoms with E-state index in [2.05, 4.69) is 53.0 Å². The Hall–Kier alpha value is -0.380. The summed E-state index contributed by atoms with van der Waals surface area (Å²) in [5, 5.41) is 0. The predicted molar refractivity (Wildman–Crippen MR) is 87.9 cm³/mol. The smallest absolute Gasteiger partial charge is 0.0372 e. The van der Waals surface area contributed by atoms with Gasteiger partial charge in [-0.25, -0.2) is 0 Å². The molecule has 2 aliphatic rings. The first-order chi connectivity index (χ1) is 9.54. The summed E-state index contributed by atoms with van der Waals surface area (Å²) in [4.78, 5) is 2.56. The Morgan fingerprint density at radius 2 is 2.15 bits per heavy atom. The minimum atomic E-state index is 0.170. The first kappa shape index (κ1) is 14.6. The van der Waals surface area contributed by atoms with Crippen LogP contribution in [0.1, 0.15) is 30.9 Å². The molecule has 0 radical (unpaired) electrons. The third-order valence-corrected chi connectivity index (χ3v) is 6.01. The van der Waals surface area contributed by atoms with E-state index in [4.69, 9.17) is 5.73 Å². The topological polar surface area (TPSA) is 29.3 Å². The number of fused-ring (bicyclic) bond motifs is 1. The molecule has 3 rings (SSSR count). The molecular weight excluding hydrogens is 312 g/mol. The van der Waals surface area contributed by atoms with Crippen molar-refractivity contribution >= 4 is 15.9 Å². The Labute approximate surface area is 130 Å². The van der Waals surface area contributed by atoms with Gasteiger partial charge in [0.05, 0.1) is 0 Å². The molecule has 110 valence electrons. The fourth-order valence-electron chi connectivity index (χ4n) is 3.66.